The predicted molar refractivity (Wildman–Crippen MR) is 114 cm³/mol. The second-order valence-corrected chi connectivity index (χ2v) is 7.90. The van der Waals surface area contributed by atoms with Gasteiger partial charge < -0.3 is 5.32 Å². The number of aromatic nitrogens is 3. The molecule has 0 unspecified atom stereocenters. The molecule has 28 heavy (non-hydrogen) atoms. The van der Waals surface area contributed by atoms with Gasteiger partial charge in [0, 0.05) is 11.6 Å². The van der Waals surface area contributed by atoms with Crippen LogP contribution >= 0.6 is 23.1 Å². The lowest BCUT2D eigenvalue weighted by atomic mass is 10.1. The molecule has 0 atom stereocenters. The fourth-order valence-electron chi connectivity index (χ4n) is 2.75. The minimum absolute atomic E-state index is 0.121. The van der Waals surface area contributed by atoms with E-state index in [0.717, 1.165) is 5.56 Å². The molecule has 1 N–H and O–H groups in total. The summed E-state index contributed by atoms with van der Waals surface area (Å²) < 4.78 is 1.56. The van der Waals surface area contributed by atoms with Gasteiger partial charge in [-0.15, -0.1) is 11.3 Å². The largest absolute Gasteiger partial charge is 0.301 e. The lowest BCUT2D eigenvalue weighted by molar-refractivity contribution is -0.113. The molecule has 0 saturated carbocycles. The monoisotopic (exact) mass is 408 g/mol. The first-order valence-electron chi connectivity index (χ1n) is 8.53. The van der Waals surface area contributed by atoms with E-state index in [1.165, 1.54) is 23.1 Å². The third-order valence-corrected chi connectivity index (χ3v) is 5.65. The van der Waals surface area contributed by atoms with E-state index in [4.69, 9.17) is 0 Å². The number of hydrogen-bond acceptors (Lipinski definition) is 6. The summed E-state index contributed by atoms with van der Waals surface area (Å²) in [5, 5.41) is 6.12. The van der Waals surface area contributed by atoms with Gasteiger partial charge in [0.25, 0.3) is 5.56 Å². The topological polar surface area (TPSA) is 76.9 Å². The zero-order valence-electron chi connectivity index (χ0n) is 15.0. The number of nitrogens with zero attached hydrogens (tertiary/aromatic N) is 3. The molecular weight excluding hydrogens is 392 g/mol. The fraction of sp³-hybridized carbons (Fsp3) is 0.100. The van der Waals surface area contributed by atoms with E-state index < -0.39 is 0 Å². The fourth-order valence-corrected chi connectivity index (χ4v) is 4.11. The average Bonchev–Trinajstić information content (AvgIpc) is 3.20. The van der Waals surface area contributed by atoms with Crippen molar-refractivity contribution in [3.8, 4) is 5.69 Å². The highest BCUT2D eigenvalue weighted by atomic mass is 32.2. The molecule has 0 aliphatic rings. The first kappa shape index (κ1) is 18.4. The minimum atomic E-state index is -0.196. The molecule has 6 nitrogen and oxygen atoms in total. The molecule has 0 aliphatic heterocycles. The van der Waals surface area contributed by atoms with Crippen LogP contribution in [0.15, 0.2) is 70.1 Å². The Bertz CT molecular complexity index is 1190. The number of aryl methyl sites for hydroxylation is 1. The molecule has 8 heteroatoms. The molecule has 0 fully saturated rings. The van der Waals surface area contributed by atoms with Gasteiger partial charge >= 0.3 is 0 Å². The third kappa shape index (κ3) is 3.83. The predicted octanol–water partition coefficient (Wildman–Crippen LogP) is 3.88. The van der Waals surface area contributed by atoms with Crippen LogP contribution in [0, 0.1) is 6.92 Å². The summed E-state index contributed by atoms with van der Waals surface area (Å²) in [6, 6.07) is 14.9. The van der Waals surface area contributed by atoms with Crippen LogP contribution in [0.3, 0.4) is 0 Å². The molecule has 0 spiro atoms. The summed E-state index contributed by atoms with van der Waals surface area (Å²) in [6.07, 6.45) is 1.63. The first-order valence-corrected chi connectivity index (χ1v) is 10.4. The molecule has 2 aromatic carbocycles. The highest BCUT2D eigenvalue weighted by molar-refractivity contribution is 7.99. The molecule has 0 saturated heterocycles. The number of amides is 1. The lowest BCUT2D eigenvalue weighted by Crippen LogP contribution is -2.23. The summed E-state index contributed by atoms with van der Waals surface area (Å²) in [4.78, 5) is 34.1. The Balaban J connectivity index is 1.72. The molecule has 1 amide bonds. The molecule has 2 aromatic heterocycles. The van der Waals surface area contributed by atoms with Crippen LogP contribution < -0.4 is 10.9 Å². The van der Waals surface area contributed by atoms with Crippen molar-refractivity contribution < 1.29 is 4.79 Å². The van der Waals surface area contributed by atoms with Crippen LogP contribution in [0.2, 0.25) is 0 Å². The van der Waals surface area contributed by atoms with E-state index in [1.807, 2.05) is 55.5 Å². The van der Waals surface area contributed by atoms with E-state index in [0.29, 0.717) is 26.9 Å². The Kier molecular flexibility index (Phi) is 5.23. The van der Waals surface area contributed by atoms with Crippen molar-refractivity contribution in [1.29, 1.82) is 0 Å². The SMILES string of the molecule is Cc1ccc2nc(SCC(=O)Nc3nccs3)n(-c3ccccc3)c(=O)c2c1. The van der Waals surface area contributed by atoms with E-state index in [9.17, 15) is 9.59 Å². The number of para-hydroxylation sites is 1. The number of thioether (sulfide) groups is 1. The minimum Gasteiger partial charge on any atom is -0.301 e. The van der Waals surface area contributed by atoms with Gasteiger partial charge in [0.1, 0.15) is 0 Å². The summed E-state index contributed by atoms with van der Waals surface area (Å²) in [5.74, 6) is -0.0752. The van der Waals surface area contributed by atoms with Crippen molar-refractivity contribution in [1.82, 2.24) is 14.5 Å². The van der Waals surface area contributed by atoms with Gasteiger partial charge in [-0.2, -0.15) is 0 Å². The van der Waals surface area contributed by atoms with Gasteiger partial charge in [-0.3, -0.25) is 14.2 Å². The number of benzene rings is 2. The molecule has 0 aliphatic carbocycles. The Morgan fingerprint density at radius 1 is 1.21 bits per heavy atom. The van der Waals surface area contributed by atoms with E-state index >= 15 is 0 Å². The zero-order chi connectivity index (χ0) is 19.5. The summed E-state index contributed by atoms with van der Waals surface area (Å²) in [5.41, 5.74) is 2.17. The van der Waals surface area contributed by atoms with Crippen LogP contribution in [0.5, 0.6) is 0 Å². The summed E-state index contributed by atoms with van der Waals surface area (Å²) >= 11 is 2.58. The van der Waals surface area contributed by atoms with Gasteiger partial charge in [0.2, 0.25) is 5.91 Å². The smallest absolute Gasteiger partial charge is 0.266 e. The Morgan fingerprint density at radius 3 is 2.79 bits per heavy atom. The highest BCUT2D eigenvalue weighted by Gasteiger charge is 2.15. The molecule has 140 valence electrons. The number of nitrogens with one attached hydrogen (secondary N) is 1. The van der Waals surface area contributed by atoms with Gasteiger partial charge in [-0.1, -0.05) is 41.6 Å². The Morgan fingerprint density at radius 2 is 2.04 bits per heavy atom. The van der Waals surface area contributed by atoms with E-state index in [-0.39, 0.29) is 17.2 Å². The van der Waals surface area contributed by atoms with Crippen LogP contribution in [-0.4, -0.2) is 26.2 Å². The third-order valence-electron chi connectivity index (χ3n) is 4.02. The van der Waals surface area contributed by atoms with Crippen LogP contribution in [0.25, 0.3) is 16.6 Å². The number of rotatable bonds is 5. The number of fused-ring (bicyclic) bond motifs is 1. The standard InChI is InChI=1S/C20H16N4O2S2/c1-13-7-8-16-15(11-13)18(26)24(14-5-3-2-4-6-14)20(22-16)28-12-17(25)23-19-21-9-10-27-19/h2-11H,12H2,1H3,(H,21,23,25). The van der Waals surface area contributed by atoms with Crippen molar-refractivity contribution in [2.45, 2.75) is 12.1 Å². The van der Waals surface area contributed by atoms with Gasteiger partial charge in [0.15, 0.2) is 10.3 Å². The molecule has 0 radical (unpaired) electrons. The van der Waals surface area contributed by atoms with Gasteiger partial charge in [-0.25, -0.2) is 9.97 Å². The van der Waals surface area contributed by atoms with Crippen molar-refractivity contribution >= 4 is 45.0 Å². The van der Waals surface area contributed by atoms with Crippen molar-refractivity contribution in [3.05, 3.63) is 76.0 Å². The second-order valence-electron chi connectivity index (χ2n) is 6.07. The summed E-state index contributed by atoms with van der Waals surface area (Å²) in [7, 11) is 0. The number of hydrogen-bond donors (Lipinski definition) is 1. The van der Waals surface area contributed by atoms with Crippen molar-refractivity contribution in [2.24, 2.45) is 0 Å². The Hall–Kier alpha value is -2.97. The molecule has 0 bridgehead atoms. The Labute approximate surface area is 169 Å². The van der Waals surface area contributed by atoms with Gasteiger partial charge in [-0.05, 0) is 31.2 Å². The summed E-state index contributed by atoms with van der Waals surface area (Å²) in [6.45, 7) is 1.94. The second kappa shape index (κ2) is 7.95. The number of carbonyl (C=O) groups is 1. The molecule has 4 aromatic rings. The number of thiazole rings is 1. The molecule has 2 heterocycles. The molecule has 4 rings (SSSR count). The first-order chi connectivity index (χ1) is 13.6. The van der Waals surface area contributed by atoms with Crippen LogP contribution in [-0.2, 0) is 4.79 Å². The average molecular weight is 409 g/mol. The van der Waals surface area contributed by atoms with E-state index in [2.05, 4.69) is 15.3 Å². The maximum atomic E-state index is 13.2. The number of anilines is 1. The zero-order valence-corrected chi connectivity index (χ0v) is 16.6. The number of carbonyl (C=O) groups excluding carboxylic acids is 1. The van der Waals surface area contributed by atoms with Gasteiger partial charge in [0.05, 0.1) is 22.3 Å². The van der Waals surface area contributed by atoms with Crippen molar-refractivity contribution in [3.63, 3.8) is 0 Å². The maximum absolute atomic E-state index is 13.2. The lowest BCUT2D eigenvalue weighted by Gasteiger charge is -2.13. The quantitative estimate of drug-likeness (QED) is 0.401. The van der Waals surface area contributed by atoms with Crippen LogP contribution in [0.4, 0.5) is 5.13 Å². The normalized spacial score (nSPS) is 10.9. The maximum Gasteiger partial charge on any atom is 0.266 e. The molecular formula is C20H16N4O2S2. The van der Waals surface area contributed by atoms with E-state index in [1.54, 1.807) is 16.1 Å². The van der Waals surface area contributed by atoms with Crippen molar-refractivity contribution in [2.75, 3.05) is 11.1 Å². The highest BCUT2D eigenvalue weighted by Crippen LogP contribution is 2.22. The van der Waals surface area contributed by atoms with Crippen LogP contribution in [0.1, 0.15) is 5.56 Å².